The van der Waals surface area contributed by atoms with Gasteiger partial charge in [-0.05, 0) is 47.1 Å². The second kappa shape index (κ2) is 6.76. The Morgan fingerprint density at radius 3 is 2.25 bits per heavy atom. The van der Waals surface area contributed by atoms with Gasteiger partial charge in [0.25, 0.3) is 0 Å². The van der Waals surface area contributed by atoms with Gasteiger partial charge in [0.05, 0.1) is 0 Å². The van der Waals surface area contributed by atoms with Crippen LogP contribution in [0.2, 0.25) is 0 Å². The molecule has 0 spiro atoms. The van der Waals surface area contributed by atoms with Gasteiger partial charge in [0.1, 0.15) is 0 Å². The summed E-state index contributed by atoms with van der Waals surface area (Å²) in [4.78, 5) is 1.37. The molecule has 0 aromatic heterocycles. The normalized spacial score (nSPS) is 19.0. The van der Waals surface area contributed by atoms with E-state index in [2.05, 4.69) is 57.7 Å². The summed E-state index contributed by atoms with van der Waals surface area (Å²) >= 11 is 6.55. The monoisotopic (exact) mass is 310 g/mol. The Kier molecular flexibility index (Phi) is 5.49. The molecule has 0 aliphatic carbocycles. The number of benzene rings is 1. The largest absolute Gasteiger partial charge is 0.381 e. The van der Waals surface area contributed by atoms with Crippen molar-refractivity contribution in [2.75, 3.05) is 24.7 Å². The molecule has 0 unspecified atom stereocenters. The van der Waals surface area contributed by atoms with E-state index in [1.165, 1.54) is 10.5 Å². The van der Waals surface area contributed by atoms with Crippen LogP contribution in [0.4, 0.5) is 0 Å². The van der Waals surface area contributed by atoms with Gasteiger partial charge < -0.3 is 4.74 Å². The topological polar surface area (TPSA) is 9.23 Å². The zero-order chi connectivity index (χ0) is 14.6. The van der Waals surface area contributed by atoms with Crippen molar-refractivity contribution in [3.8, 4) is 0 Å². The molecule has 1 aliphatic heterocycles. The lowest BCUT2D eigenvalue weighted by atomic mass is 9.84. The van der Waals surface area contributed by atoms with E-state index < -0.39 is 0 Å². The maximum Gasteiger partial charge on any atom is 0.0471 e. The Morgan fingerprint density at radius 2 is 1.75 bits per heavy atom. The second-order valence-corrected chi connectivity index (χ2v) is 8.20. The Morgan fingerprint density at radius 1 is 1.15 bits per heavy atom. The van der Waals surface area contributed by atoms with E-state index >= 15 is 0 Å². The Balaban J connectivity index is 1.96. The van der Waals surface area contributed by atoms with E-state index in [0.29, 0.717) is 5.41 Å². The highest BCUT2D eigenvalue weighted by Crippen LogP contribution is 2.37. The summed E-state index contributed by atoms with van der Waals surface area (Å²) in [5.41, 5.74) is 1.99. The lowest BCUT2D eigenvalue weighted by molar-refractivity contribution is 0.0371. The molecule has 0 atom stereocenters. The summed E-state index contributed by atoms with van der Waals surface area (Å²) in [5.74, 6) is 2.11. The van der Waals surface area contributed by atoms with Crippen LogP contribution in [-0.4, -0.2) is 24.7 Å². The first kappa shape index (κ1) is 16.3. The van der Waals surface area contributed by atoms with Crippen molar-refractivity contribution in [2.24, 2.45) is 5.41 Å². The quantitative estimate of drug-likeness (QED) is 0.631. The third-order valence-electron chi connectivity index (χ3n) is 4.15. The first-order chi connectivity index (χ1) is 9.45. The summed E-state index contributed by atoms with van der Waals surface area (Å²) in [6.45, 7) is 8.56. The minimum absolute atomic E-state index is 0.232. The molecule has 1 aromatic rings. The Hall–Kier alpha value is -0.120. The molecule has 2 rings (SSSR count). The predicted molar refractivity (Wildman–Crippen MR) is 92.2 cm³/mol. The van der Waals surface area contributed by atoms with Crippen molar-refractivity contribution in [1.29, 1.82) is 0 Å². The van der Waals surface area contributed by atoms with Crippen LogP contribution in [0.1, 0.15) is 39.2 Å². The summed E-state index contributed by atoms with van der Waals surface area (Å²) in [7, 11) is 0. The smallest absolute Gasteiger partial charge is 0.0471 e. The summed E-state index contributed by atoms with van der Waals surface area (Å²) in [6.07, 6.45) is 2.28. The van der Waals surface area contributed by atoms with Crippen molar-refractivity contribution in [3.05, 3.63) is 29.8 Å². The van der Waals surface area contributed by atoms with Crippen molar-refractivity contribution in [1.82, 2.24) is 0 Å². The predicted octanol–water partition coefficient (Wildman–Crippen LogP) is 4.80. The average molecular weight is 311 g/mol. The molecule has 112 valence electrons. The first-order valence-corrected chi connectivity index (χ1v) is 8.99. The van der Waals surface area contributed by atoms with Gasteiger partial charge in [0, 0.05) is 23.9 Å². The third-order valence-corrected chi connectivity index (χ3v) is 6.19. The van der Waals surface area contributed by atoms with Crippen molar-refractivity contribution in [3.63, 3.8) is 0 Å². The fraction of sp³-hybridized carbons (Fsp3) is 0.647. The Bertz CT molecular complexity index is 414. The molecule has 0 radical (unpaired) electrons. The molecule has 1 saturated heterocycles. The van der Waals surface area contributed by atoms with E-state index in [1.807, 2.05) is 11.8 Å². The second-order valence-electron chi connectivity index (χ2n) is 6.83. The van der Waals surface area contributed by atoms with E-state index in [-0.39, 0.29) is 5.41 Å². The number of thiol groups is 1. The van der Waals surface area contributed by atoms with Gasteiger partial charge in [-0.15, -0.1) is 11.8 Å². The van der Waals surface area contributed by atoms with E-state index in [9.17, 15) is 0 Å². The maximum atomic E-state index is 5.49. The van der Waals surface area contributed by atoms with Crippen LogP contribution < -0.4 is 0 Å². The molecule has 1 fully saturated rings. The molecule has 1 aromatic carbocycles. The highest BCUT2D eigenvalue weighted by molar-refractivity contribution is 7.99. The van der Waals surface area contributed by atoms with Crippen LogP contribution in [0.25, 0.3) is 0 Å². The molecule has 1 heterocycles. The van der Waals surface area contributed by atoms with Gasteiger partial charge in [-0.2, -0.15) is 12.6 Å². The molecule has 1 nitrogen and oxygen atoms in total. The number of hydrogen-bond donors (Lipinski definition) is 1. The van der Waals surface area contributed by atoms with Gasteiger partial charge in [-0.1, -0.05) is 32.9 Å². The standard InChI is InChI=1S/C17H26OS2/c1-16(2,3)14-4-6-15(7-5-14)20-13-17(12-19)8-10-18-11-9-17/h4-7,19H,8-13H2,1-3H3. The van der Waals surface area contributed by atoms with Gasteiger partial charge in [-0.25, -0.2) is 0 Å². The number of rotatable bonds is 4. The molecule has 0 N–H and O–H groups in total. The molecule has 1 aliphatic rings. The molecular formula is C17H26OS2. The molecule has 0 saturated carbocycles. The maximum absolute atomic E-state index is 5.49. The fourth-order valence-electron chi connectivity index (χ4n) is 2.44. The minimum Gasteiger partial charge on any atom is -0.381 e. The summed E-state index contributed by atoms with van der Waals surface area (Å²) in [6, 6.07) is 9.05. The highest BCUT2D eigenvalue weighted by atomic mass is 32.2. The van der Waals surface area contributed by atoms with Gasteiger partial charge in [0.2, 0.25) is 0 Å². The summed E-state index contributed by atoms with van der Waals surface area (Å²) < 4.78 is 5.49. The lowest BCUT2D eigenvalue weighted by Crippen LogP contribution is -2.33. The van der Waals surface area contributed by atoms with Crippen LogP contribution in [0, 0.1) is 5.41 Å². The van der Waals surface area contributed by atoms with Crippen LogP contribution in [0.5, 0.6) is 0 Å². The van der Waals surface area contributed by atoms with Crippen LogP contribution in [-0.2, 0) is 10.2 Å². The van der Waals surface area contributed by atoms with E-state index in [4.69, 9.17) is 4.74 Å². The Labute approximate surface area is 133 Å². The van der Waals surface area contributed by atoms with Crippen LogP contribution in [0.15, 0.2) is 29.2 Å². The highest BCUT2D eigenvalue weighted by Gasteiger charge is 2.31. The van der Waals surface area contributed by atoms with Crippen molar-refractivity contribution >= 4 is 24.4 Å². The minimum atomic E-state index is 0.232. The average Bonchev–Trinajstić information content (AvgIpc) is 2.46. The lowest BCUT2D eigenvalue weighted by Gasteiger charge is -2.35. The van der Waals surface area contributed by atoms with Crippen molar-refractivity contribution in [2.45, 2.75) is 43.9 Å². The van der Waals surface area contributed by atoms with Gasteiger partial charge in [-0.3, -0.25) is 0 Å². The van der Waals surface area contributed by atoms with Crippen LogP contribution >= 0.6 is 24.4 Å². The van der Waals surface area contributed by atoms with Gasteiger partial charge >= 0.3 is 0 Å². The molecule has 20 heavy (non-hydrogen) atoms. The van der Waals surface area contributed by atoms with Crippen LogP contribution in [0.3, 0.4) is 0 Å². The van der Waals surface area contributed by atoms with E-state index in [1.54, 1.807) is 0 Å². The number of hydrogen-bond acceptors (Lipinski definition) is 3. The molecule has 3 heteroatoms. The number of ether oxygens (including phenoxy) is 1. The van der Waals surface area contributed by atoms with E-state index in [0.717, 1.165) is 37.6 Å². The van der Waals surface area contributed by atoms with Crippen molar-refractivity contribution < 1.29 is 4.74 Å². The zero-order valence-electron chi connectivity index (χ0n) is 12.8. The number of thioether (sulfide) groups is 1. The molecule has 0 bridgehead atoms. The molecule has 0 amide bonds. The summed E-state index contributed by atoms with van der Waals surface area (Å²) in [5, 5.41) is 0. The first-order valence-electron chi connectivity index (χ1n) is 7.37. The third kappa shape index (κ3) is 4.19. The zero-order valence-corrected chi connectivity index (χ0v) is 14.5. The fourth-order valence-corrected chi connectivity index (χ4v) is 4.21. The molecular weight excluding hydrogens is 284 g/mol. The van der Waals surface area contributed by atoms with Gasteiger partial charge in [0.15, 0.2) is 0 Å². The SMILES string of the molecule is CC(C)(C)c1ccc(SCC2(CS)CCOCC2)cc1.